The van der Waals surface area contributed by atoms with E-state index in [4.69, 9.17) is 19.4 Å². The standard InChI is InChI=1S/C35H41N3O6S/c1-21(2)28-20-45-33(37-28)27-16-31(25-13-12-23(43-3)14-26(25)36-27)44-24-15-29-30(39)18-35(34(41)42)17-22(35)10-8-6-4-5-7-9-11-32(40)38(29)19-24/h8,10,12-14,16,20-22,24,29H,4-7,9,11,15,17-19H2,1-3H3,(H,41,42)/b10-8-/t22-,24-,29+,35-/m1/s1. The maximum atomic E-state index is 13.8. The number of thiazole rings is 1. The molecule has 4 atom stereocenters. The summed E-state index contributed by atoms with van der Waals surface area (Å²) in [6.45, 7) is 4.47. The number of hydrogen-bond donors (Lipinski definition) is 1. The molecular formula is C35H41N3O6S. The van der Waals surface area contributed by atoms with E-state index >= 15 is 0 Å². The number of pyridine rings is 1. The van der Waals surface area contributed by atoms with Gasteiger partial charge in [-0.15, -0.1) is 11.3 Å². The number of methoxy groups -OCH3 is 1. The molecule has 10 heteroatoms. The Morgan fingerprint density at radius 3 is 2.71 bits per heavy atom. The summed E-state index contributed by atoms with van der Waals surface area (Å²) in [5, 5.41) is 13.7. The number of aliphatic carboxylic acids is 1. The minimum Gasteiger partial charge on any atom is -0.497 e. The van der Waals surface area contributed by atoms with Gasteiger partial charge in [0.2, 0.25) is 5.91 Å². The van der Waals surface area contributed by atoms with Gasteiger partial charge in [-0.05, 0) is 49.7 Å². The number of ether oxygens (including phenoxy) is 2. The zero-order valence-electron chi connectivity index (χ0n) is 26.2. The summed E-state index contributed by atoms with van der Waals surface area (Å²) in [7, 11) is 1.61. The van der Waals surface area contributed by atoms with Crippen LogP contribution in [0, 0.1) is 11.3 Å². The Bertz CT molecular complexity index is 1630. The monoisotopic (exact) mass is 631 g/mol. The zero-order chi connectivity index (χ0) is 31.7. The van der Waals surface area contributed by atoms with Crippen LogP contribution in [-0.4, -0.2) is 63.4 Å². The third-order valence-electron chi connectivity index (χ3n) is 9.49. The molecule has 1 aromatic carbocycles. The number of fused-ring (bicyclic) bond motifs is 3. The molecule has 9 nitrogen and oxygen atoms in total. The van der Waals surface area contributed by atoms with Crippen molar-refractivity contribution in [3.63, 3.8) is 0 Å². The molecule has 6 rings (SSSR count). The molecule has 0 radical (unpaired) electrons. The van der Waals surface area contributed by atoms with Crippen LogP contribution >= 0.6 is 11.3 Å². The third-order valence-corrected chi connectivity index (χ3v) is 10.4. The van der Waals surface area contributed by atoms with E-state index in [9.17, 15) is 19.5 Å². The molecular weight excluding hydrogens is 590 g/mol. The van der Waals surface area contributed by atoms with Crippen molar-refractivity contribution in [3.05, 3.63) is 47.5 Å². The van der Waals surface area contributed by atoms with E-state index < -0.39 is 23.5 Å². The Kier molecular flexibility index (Phi) is 8.95. The lowest BCUT2D eigenvalue weighted by atomic mass is 9.92. The van der Waals surface area contributed by atoms with Crippen LogP contribution in [0.1, 0.15) is 83.2 Å². The van der Waals surface area contributed by atoms with Crippen LogP contribution < -0.4 is 9.47 Å². The molecule has 0 unspecified atom stereocenters. The minimum absolute atomic E-state index is 0.0711. The molecule has 1 saturated heterocycles. The summed E-state index contributed by atoms with van der Waals surface area (Å²) in [4.78, 5) is 51.1. The van der Waals surface area contributed by atoms with Gasteiger partial charge in [-0.1, -0.05) is 38.8 Å². The molecule has 1 amide bonds. The molecule has 1 saturated carbocycles. The molecule has 2 aromatic heterocycles. The number of ketones is 1. The van der Waals surface area contributed by atoms with Crippen LogP contribution in [0.25, 0.3) is 21.6 Å². The van der Waals surface area contributed by atoms with E-state index in [0.717, 1.165) is 48.2 Å². The fourth-order valence-corrected chi connectivity index (χ4v) is 7.60. The van der Waals surface area contributed by atoms with E-state index in [0.29, 0.717) is 42.0 Å². The largest absolute Gasteiger partial charge is 0.497 e. The predicted molar refractivity (Wildman–Crippen MR) is 173 cm³/mol. The highest BCUT2D eigenvalue weighted by Gasteiger charge is 2.61. The highest BCUT2D eigenvalue weighted by atomic mass is 32.1. The first-order valence-corrected chi connectivity index (χ1v) is 16.9. The second-order valence-electron chi connectivity index (χ2n) is 13.0. The number of Topliss-reactive ketones (excluding diaryl/α,β-unsaturated/α-hetero) is 1. The van der Waals surface area contributed by atoms with Crippen molar-refractivity contribution >= 4 is 39.9 Å². The smallest absolute Gasteiger partial charge is 0.310 e. The van der Waals surface area contributed by atoms with Crippen LogP contribution in [0.4, 0.5) is 0 Å². The number of carboxylic acid groups (broad SMARTS) is 1. The Labute approximate surface area is 267 Å². The van der Waals surface area contributed by atoms with E-state index in [1.165, 1.54) is 11.3 Å². The van der Waals surface area contributed by atoms with Crippen molar-refractivity contribution in [2.45, 2.75) is 89.7 Å². The third kappa shape index (κ3) is 6.48. The van der Waals surface area contributed by atoms with Crippen molar-refractivity contribution in [1.82, 2.24) is 14.9 Å². The van der Waals surface area contributed by atoms with Gasteiger partial charge in [0.15, 0.2) is 5.78 Å². The van der Waals surface area contributed by atoms with Gasteiger partial charge in [-0.3, -0.25) is 14.4 Å². The van der Waals surface area contributed by atoms with E-state index in [1.807, 2.05) is 35.7 Å². The van der Waals surface area contributed by atoms with Gasteiger partial charge < -0.3 is 19.5 Å². The first-order chi connectivity index (χ1) is 21.7. The summed E-state index contributed by atoms with van der Waals surface area (Å²) in [5.41, 5.74) is 1.28. The molecule has 3 aliphatic rings. The number of rotatable bonds is 6. The van der Waals surface area contributed by atoms with Gasteiger partial charge >= 0.3 is 5.97 Å². The second-order valence-corrected chi connectivity index (χ2v) is 13.8. The number of aromatic nitrogens is 2. The fraction of sp³-hybridized carbons (Fsp3) is 0.514. The minimum atomic E-state index is -1.08. The highest BCUT2D eigenvalue weighted by molar-refractivity contribution is 7.13. The van der Waals surface area contributed by atoms with E-state index in [1.54, 1.807) is 12.0 Å². The normalized spacial score (nSPS) is 26.6. The van der Waals surface area contributed by atoms with E-state index in [-0.39, 0.29) is 36.5 Å². The number of allylic oxidation sites excluding steroid dienone is 2. The van der Waals surface area contributed by atoms with Crippen LogP contribution in [0.15, 0.2) is 41.8 Å². The Balaban J connectivity index is 1.30. The van der Waals surface area contributed by atoms with Crippen molar-refractivity contribution in [2.75, 3.05) is 13.7 Å². The lowest BCUT2D eigenvalue weighted by Gasteiger charge is -2.24. The summed E-state index contributed by atoms with van der Waals surface area (Å²) in [6.07, 6.45) is 9.27. The highest BCUT2D eigenvalue weighted by Crippen LogP contribution is 2.57. The molecule has 4 heterocycles. The van der Waals surface area contributed by atoms with Crippen LogP contribution in [0.5, 0.6) is 11.5 Å². The second kappa shape index (κ2) is 12.9. The van der Waals surface area contributed by atoms with Gasteiger partial charge in [0.1, 0.15) is 28.3 Å². The molecule has 0 bridgehead atoms. The molecule has 2 fully saturated rings. The molecule has 1 N–H and O–H groups in total. The SMILES string of the molecule is COc1ccc2c(O[C@@H]3C[C@H]4C(=O)C[C@]5(C(=O)O)C[C@H]5/C=C\CCCCCCC(=O)N4C3)cc(-c3nc(C(C)C)cs3)nc2c1. The van der Waals surface area contributed by atoms with Gasteiger partial charge in [-0.2, -0.15) is 0 Å². The fourth-order valence-electron chi connectivity index (χ4n) is 6.66. The summed E-state index contributed by atoms with van der Waals surface area (Å²) < 4.78 is 12.1. The number of hydrogen-bond acceptors (Lipinski definition) is 8. The first-order valence-electron chi connectivity index (χ1n) is 16.0. The molecule has 238 valence electrons. The Hall–Kier alpha value is -3.79. The maximum absolute atomic E-state index is 13.8. The first kappa shape index (κ1) is 31.2. The van der Waals surface area contributed by atoms with Crippen molar-refractivity contribution in [3.8, 4) is 22.2 Å². The molecule has 1 aliphatic carbocycles. The lowest BCUT2D eigenvalue weighted by molar-refractivity contribution is -0.147. The number of nitrogens with zero attached hydrogens (tertiary/aromatic N) is 3. The van der Waals surface area contributed by atoms with Gasteiger partial charge in [0, 0.05) is 42.2 Å². The number of carboxylic acids is 1. The lowest BCUT2D eigenvalue weighted by Crippen LogP contribution is -2.42. The molecule has 3 aromatic rings. The summed E-state index contributed by atoms with van der Waals surface area (Å²) in [6, 6.07) is 6.80. The molecule has 0 spiro atoms. The number of carbonyl (C=O) groups is 3. The van der Waals surface area contributed by atoms with Crippen LogP contribution in [0.3, 0.4) is 0 Å². The van der Waals surface area contributed by atoms with Crippen molar-refractivity contribution in [2.24, 2.45) is 11.3 Å². The Morgan fingerprint density at radius 2 is 1.96 bits per heavy atom. The Morgan fingerprint density at radius 1 is 1.13 bits per heavy atom. The molecule has 45 heavy (non-hydrogen) atoms. The number of benzene rings is 1. The predicted octanol–water partition coefficient (Wildman–Crippen LogP) is 6.80. The van der Waals surface area contributed by atoms with Gasteiger partial charge in [0.25, 0.3) is 0 Å². The zero-order valence-corrected chi connectivity index (χ0v) is 27.0. The average molecular weight is 632 g/mol. The summed E-state index contributed by atoms with van der Waals surface area (Å²) >= 11 is 1.53. The average Bonchev–Trinajstić information content (AvgIpc) is 3.33. The van der Waals surface area contributed by atoms with Crippen molar-refractivity contribution in [1.29, 1.82) is 0 Å². The van der Waals surface area contributed by atoms with Gasteiger partial charge in [-0.25, -0.2) is 9.97 Å². The topological polar surface area (TPSA) is 119 Å². The van der Waals surface area contributed by atoms with Crippen LogP contribution in [0.2, 0.25) is 0 Å². The number of carbonyl (C=O) groups excluding carboxylic acids is 2. The maximum Gasteiger partial charge on any atom is 0.310 e. The number of amides is 1. The van der Waals surface area contributed by atoms with Crippen molar-refractivity contribution < 1.29 is 29.0 Å². The van der Waals surface area contributed by atoms with Gasteiger partial charge in [0.05, 0.1) is 36.3 Å². The quantitative estimate of drug-likeness (QED) is 0.295. The van der Waals surface area contributed by atoms with E-state index in [2.05, 4.69) is 19.9 Å². The van der Waals surface area contributed by atoms with Crippen LogP contribution in [-0.2, 0) is 14.4 Å². The molecule has 2 aliphatic heterocycles. The summed E-state index contributed by atoms with van der Waals surface area (Å²) in [5.74, 6) is 0.196.